The van der Waals surface area contributed by atoms with Crippen LogP contribution in [0.3, 0.4) is 0 Å². The highest BCUT2D eigenvalue weighted by atomic mass is 35.5. The number of carbonyl (C=O) groups is 1. The number of nitrogens with one attached hydrogen (secondary N) is 1. The number of carbonyl (C=O) groups excluding carboxylic acids is 1. The first kappa shape index (κ1) is 20.6. The number of benzene rings is 2. The molecular weight excluding hydrogens is 376 g/mol. The van der Waals surface area contributed by atoms with Crippen LogP contribution in [-0.4, -0.2) is 44.2 Å². The minimum absolute atomic E-state index is 0.0635. The van der Waals surface area contributed by atoms with Gasteiger partial charge in [0.05, 0.1) is 32.6 Å². The lowest BCUT2D eigenvalue weighted by molar-refractivity contribution is -0.117. The van der Waals surface area contributed by atoms with Gasteiger partial charge < -0.3 is 14.8 Å². The fraction of sp³-hybridized carbons (Fsp3) is 0.409. The van der Waals surface area contributed by atoms with Gasteiger partial charge in [-0.3, -0.25) is 9.69 Å². The first-order chi connectivity index (χ1) is 13.6. The maximum Gasteiger partial charge on any atom is 0.238 e. The molecule has 2 aromatic carbocycles. The van der Waals surface area contributed by atoms with E-state index in [9.17, 15) is 4.79 Å². The average molecular weight is 403 g/mol. The Bertz CT molecular complexity index is 770. The van der Waals surface area contributed by atoms with Gasteiger partial charge in [0.2, 0.25) is 5.91 Å². The van der Waals surface area contributed by atoms with Crippen LogP contribution in [0.15, 0.2) is 48.5 Å². The van der Waals surface area contributed by atoms with Gasteiger partial charge >= 0.3 is 0 Å². The summed E-state index contributed by atoms with van der Waals surface area (Å²) in [6.07, 6.45) is 2.21. The van der Waals surface area contributed by atoms with Crippen LogP contribution in [0, 0.1) is 5.92 Å². The van der Waals surface area contributed by atoms with E-state index in [1.54, 1.807) is 25.3 Å². The molecule has 0 radical (unpaired) electrons. The molecule has 0 aliphatic carbocycles. The Morgan fingerprint density at radius 3 is 2.86 bits per heavy atom. The van der Waals surface area contributed by atoms with Crippen molar-refractivity contribution >= 4 is 23.2 Å². The number of rotatable bonds is 8. The molecule has 5 nitrogen and oxygen atoms in total. The van der Waals surface area contributed by atoms with E-state index in [0.717, 1.165) is 32.5 Å². The topological polar surface area (TPSA) is 50.8 Å². The summed E-state index contributed by atoms with van der Waals surface area (Å²) in [6, 6.07) is 15.4. The second-order valence-corrected chi connectivity index (χ2v) is 7.57. The summed E-state index contributed by atoms with van der Waals surface area (Å²) in [5.41, 5.74) is 1.78. The first-order valence-electron chi connectivity index (χ1n) is 9.61. The minimum Gasteiger partial charge on any atom is -0.495 e. The van der Waals surface area contributed by atoms with Crippen LogP contribution in [0.1, 0.15) is 18.4 Å². The van der Waals surface area contributed by atoms with Crippen LogP contribution in [0.4, 0.5) is 5.69 Å². The van der Waals surface area contributed by atoms with Gasteiger partial charge in [0, 0.05) is 11.6 Å². The van der Waals surface area contributed by atoms with Gasteiger partial charge in [-0.1, -0.05) is 41.9 Å². The summed E-state index contributed by atoms with van der Waals surface area (Å²) >= 11 is 6.03. The number of likely N-dealkylation sites (tertiary alicyclic amines) is 1. The smallest absolute Gasteiger partial charge is 0.238 e. The zero-order valence-corrected chi connectivity index (χ0v) is 17.0. The molecule has 1 amide bonds. The molecule has 1 unspecified atom stereocenters. The Morgan fingerprint density at radius 2 is 2.07 bits per heavy atom. The van der Waals surface area contributed by atoms with Gasteiger partial charge in [-0.05, 0) is 49.1 Å². The summed E-state index contributed by atoms with van der Waals surface area (Å²) in [5.74, 6) is 0.987. The van der Waals surface area contributed by atoms with Crippen LogP contribution < -0.4 is 10.1 Å². The van der Waals surface area contributed by atoms with Crippen molar-refractivity contribution in [1.82, 2.24) is 4.90 Å². The lowest BCUT2D eigenvalue weighted by Crippen LogP contribution is -2.41. The standard InChI is InChI=1S/C22H27ClN2O3/c1-27-21-10-9-19(23)12-20(21)24-22(26)14-25-11-5-8-18(13-25)16-28-15-17-6-3-2-4-7-17/h2-4,6-7,9-10,12,18H,5,8,11,13-16H2,1H3,(H,24,26). The summed E-state index contributed by atoms with van der Waals surface area (Å²) < 4.78 is 11.2. The van der Waals surface area contributed by atoms with E-state index in [2.05, 4.69) is 22.3 Å². The molecule has 2 aromatic rings. The van der Waals surface area contributed by atoms with Crippen molar-refractivity contribution in [3.8, 4) is 5.75 Å². The van der Waals surface area contributed by atoms with E-state index in [0.29, 0.717) is 35.5 Å². The number of piperidine rings is 1. The van der Waals surface area contributed by atoms with Gasteiger partial charge in [-0.2, -0.15) is 0 Å². The number of amides is 1. The summed E-state index contributed by atoms with van der Waals surface area (Å²) in [4.78, 5) is 14.7. The average Bonchev–Trinajstić information content (AvgIpc) is 2.69. The van der Waals surface area contributed by atoms with E-state index < -0.39 is 0 Å². The molecule has 1 aliphatic rings. The van der Waals surface area contributed by atoms with Gasteiger partial charge in [0.25, 0.3) is 0 Å². The molecule has 1 fully saturated rings. The lowest BCUT2D eigenvalue weighted by atomic mass is 9.99. The zero-order valence-electron chi connectivity index (χ0n) is 16.2. The third-order valence-electron chi connectivity index (χ3n) is 4.87. The second-order valence-electron chi connectivity index (χ2n) is 7.14. The summed E-state index contributed by atoms with van der Waals surface area (Å²) in [5, 5.41) is 3.47. The number of nitrogens with zero attached hydrogens (tertiary/aromatic N) is 1. The first-order valence-corrected chi connectivity index (χ1v) is 9.99. The van der Waals surface area contributed by atoms with Gasteiger partial charge in [-0.15, -0.1) is 0 Å². The van der Waals surface area contributed by atoms with Crippen LogP contribution in [0.2, 0.25) is 5.02 Å². The molecule has 6 heteroatoms. The van der Waals surface area contributed by atoms with Crippen LogP contribution in [0.25, 0.3) is 0 Å². The Labute approximate surface area is 171 Å². The SMILES string of the molecule is COc1ccc(Cl)cc1NC(=O)CN1CCCC(COCc2ccccc2)C1. The van der Waals surface area contributed by atoms with Gasteiger partial charge in [0.15, 0.2) is 0 Å². The number of ether oxygens (including phenoxy) is 2. The molecule has 0 bridgehead atoms. The fourth-order valence-corrected chi connectivity index (χ4v) is 3.69. The monoisotopic (exact) mass is 402 g/mol. The Kier molecular flexibility index (Phi) is 7.71. The van der Waals surface area contributed by atoms with Crippen molar-refractivity contribution < 1.29 is 14.3 Å². The summed E-state index contributed by atoms with van der Waals surface area (Å²) in [7, 11) is 1.57. The zero-order chi connectivity index (χ0) is 19.8. The van der Waals surface area contributed by atoms with Crippen LogP contribution in [-0.2, 0) is 16.1 Å². The maximum absolute atomic E-state index is 12.5. The van der Waals surface area contributed by atoms with E-state index in [-0.39, 0.29) is 5.91 Å². The molecule has 0 spiro atoms. The fourth-order valence-electron chi connectivity index (χ4n) is 3.52. The number of halogens is 1. The minimum atomic E-state index is -0.0635. The number of methoxy groups -OCH3 is 1. The molecule has 28 heavy (non-hydrogen) atoms. The van der Waals surface area contributed by atoms with Crippen molar-refractivity contribution in [3.05, 3.63) is 59.1 Å². The third-order valence-corrected chi connectivity index (χ3v) is 5.11. The molecular formula is C22H27ClN2O3. The molecule has 1 saturated heterocycles. The molecule has 0 saturated carbocycles. The normalized spacial score (nSPS) is 17.3. The van der Waals surface area contributed by atoms with Crippen molar-refractivity contribution in [2.24, 2.45) is 5.92 Å². The lowest BCUT2D eigenvalue weighted by Gasteiger charge is -2.32. The second kappa shape index (κ2) is 10.5. The van der Waals surface area contributed by atoms with E-state index >= 15 is 0 Å². The molecule has 1 atom stereocenters. The number of hydrogen-bond acceptors (Lipinski definition) is 4. The van der Waals surface area contributed by atoms with Crippen LogP contribution in [0.5, 0.6) is 5.75 Å². The van der Waals surface area contributed by atoms with E-state index in [1.165, 1.54) is 5.56 Å². The third kappa shape index (κ3) is 6.23. The largest absolute Gasteiger partial charge is 0.495 e. The van der Waals surface area contributed by atoms with Gasteiger partial charge in [0.1, 0.15) is 5.75 Å². The Balaban J connectivity index is 1.45. The summed E-state index contributed by atoms with van der Waals surface area (Å²) in [6.45, 7) is 3.50. The number of anilines is 1. The molecule has 3 rings (SSSR count). The van der Waals surface area contributed by atoms with E-state index in [1.807, 2.05) is 18.2 Å². The highest BCUT2D eigenvalue weighted by Crippen LogP contribution is 2.27. The Morgan fingerprint density at radius 1 is 1.25 bits per heavy atom. The quantitative estimate of drug-likeness (QED) is 0.718. The van der Waals surface area contributed by atoms with Crippen molar-refractivity contribution in [2.75, 3.05) is 38.7 Å². The predicted molar refractivity (Wildman–Crippen MR) is 112 cm³/mol. The predicted octanol–water partition coefficient (Wildman–Crippen LogP) is 4.22. The van der Waals surface area contributed by atoms with Crippen molar-refractivity contribution in [2.45, 2.75) is 19.4 Å². The van der Waals surface area contributed by atoms with E-state index in [4.69, 9.17) is 21.1 Å². The van der Waals surface area contributed by atoms with Crippen molar-refractivity contribution in [3.63, 3.8) is 0 Å². The molecule has 0 aromatic heterocycles. The molecule has 1 N–H and O–H groups in total. The molecule has 1 heterocycles. The highest BCUT2D eigenvalue weighted by molar-refractivity contribution is 6.31. The van der Waals surface area contributed by atoms with Gasteiger partial charge in [-0.25, -0.2) is 0 Å². The number of hydrogen-bond donors (Lipinski definition) is 1. The molecule has 150 valence electrons. The maximum atomic E-state index is 12.5. The molecule has 1 aliphatic heterocycles. The van der Waals surface area contributed by atoms with Crippen molar-refractivity contribution in [1.29, 1.82) is 0 Å². The Hall–Kier alpha value is -2.08. The highest BCUT2D eigenvalue weighted by Gasteiger charge is 2.22. The van der Waals surface area contributed by atoms with Crippen LogP contribution >= 0.6 is 11.6 Å².